The number of carbonyl (C=O) groups excluding carboxylic acids is 2. The van der Waals surface area contributed by atoms with Crippen LogP contribution in [-0.4, -0.2) is 31.5 Å². The molecule has 6 heteroatoms. The van der Waals surface area contributed by atoms with Crippen LogP contribution in [-0.2, 0) is 11.2 Å². The molecule has 1 saturated heterocycles. The van der Waals surface area contributed by atoms with Crippen LogP contribution in [0.3, 0.4) is 0 Å². The molecule has 2 aliphatic heterocycles. The summed E-state index contributed by atoms with van der Waals surface area (Å²) in [5.74, 6) is 0.527. The monoisotopic (exact) mass is 365 g/mol. The summed E-state index contributed by atoms with van der Waals surface area (Å²) in [6.07, 6.45) is 2.42. The highest BCUT2D eigenvalue weighted by molar-refractivity contribution is 6.04. The fraction of sp³-hybridized carbons (Fsp3) is 0.333. The summed E-state index contributed by atoms with van der Waals surface area (Å²) in [7, 11) is 0. The molecule has 2 amide bonds. The predicted molar refractivity (Wildman–Crippen MR) is 104 cm³/mol. The van der Waals surface area contributed by atoms with Gasteiger partial charge in [0.15, 0.2) is 0 Å². The third-order valence-corrected chi connectivity index (χ3v) is 5.34. The number of piperidine rings is 1. The molecular formula is C21H23N3O3. The van der Waals surface area contributed by atoms with E-state index in [2.05, 4.69) is 10.2 Å². The van der Waals surface area contributed by atoms with Crippen molar-refractivity contribution in [3.05, 3.63) is 53.6 Å². The molecule has 2 heterocycles. The molecule has 0 aromatic heterocycles. The minimum Gasteiger partial charge on any atom is -0.493 e. The number of hydrogen-bond donors (Lipinski definition) is 2. The van der Waals surface area contributed by atoms with Gasteiger partial charge < -0.3 is 20.7 Å². The third kappa shape index (κ3) is 3.74. The van der Waals surface area contributed by atoms with Gasteiger partial charge in [-0.25, -0.2) is 0 Å². The lowest BCUT2D eigenvalue weighted by Gasteiger charge is -2.32. The normalized spacial score (nSPS) is 16.5. The average molecular weight is 365 g/mol. The molecule has 0 saturated carbocycles. The lowest BCUT2D eigenvalue weighted by Crippen LogP contribution is -2.38. The fourth-order valence-corrected chi connectivity index (χ4v) is 3.71. The second kappa shape index (κ2) is 7.31. The number of carbonyl (C=O) groups is 2. The number of fused-ring (bicyclic) bond motifs is 1. The topological polar surface area (TPSA) is 84.7 Å². The number of anilines is 2. The molecule has 0 unspecified atom stereocenters. The van der Waals surface area contributed by atoms with Crippen molar-refractivity contribution < 1.29 is 14.3 Å². The predicted octanol–water partition coefficient (Wildman–Crippen LogP) is 2.58. The maximum atomic E-state index is 12.5. The molecule has 27 heavy (non-hydrogen) atoms. The van der Waals surface area contributed by atoms with Gasteiger partial charge in [0, 0.05) is 42.4 Å². The van der Waals surface area contributed by atoms with Gasteiger partial charge in [-0.3, -0.25) is 9.59 Å². The number of hydrogen-bond acceptors (Lipinski definition) is 4. The van der Waals surface area contributed by atoms with Crippen molar-refractivity contribution >= 4 is 23.2 Å². The van der Waals surface area contributed by atoms with Gasteiger partial charge in [-0.15, -0.1) is 0 Å². The highest BCUT2D eigenvalue weighted by Gasteiger charge is 2.23. The van der Waals surface area contributed by atoms with E-state index in [1.54, 1.807) is 6.07 Å². The van der Waals surface area contributed by atoms with Gasteiger partial charge in [-0.2, -0.15) is 0 Å². The van der Waals surface area contributed by atoms with Crippen LogP contribution in [0.25, 0.3) is 0 Å². The van der Waals surface area contributed by atoms with E-state index in [0.717, 1.165) is 55.0 Å². The van der Waals surface area contributed by atoms with Crippen LogP contribution in [0, 0.1) is 5.92 Å². The number of nitrogens with one attached hydrogen (secondary N) is 1. The summed E-state index contributed by atoms with van der Waals surface area (Å²) in [5.41, 5.74) is 8.95. The number of nitrogens with zero attached hydrogens (tertiary/aromatic N) is 1. The molecule has 0 spiro atoms. The van der Waals surface area contributed by atoms with E-state index in [9.17, 15) is 9.59 Å². The molecule has 0 aliphatic carbocycles. The van der Waals surface area contributed by atoms with Crippen molar-refractivity contribution in [1.29, 1.82) is 0 Å². The summed E-state index contributed by atoms with van der Waals surface area (Å²) in [6.45, 7) is 2.31. The van der Waals surface area contributed by atoms with Gasteiger partial charge >= 0.3 is 0 Å². The fourth-order valence-electron chi connectivity index (χ4n) is 3.71. The van der Waals surface area contributed by atoms with Crippen molar-refractivity contribution in [1.82, 2.24) is 0 Å². The Morgan fingerprint density at radius 3 is 2.52 bits per heavy atom. The number of ether oxygens (including phenoxy) is 1. The summed E-state index contributed by atoms with van der Waals surface area (Å²) < 4.78 is 5.48. The first-order valence-electron chi connectivity index (χ1n) is 9.31. The minimum absolute atomic E-state index is 0.0162. The molecule has 6 nitrogen and oxygen atoms in total. The molecule has 0 atom stereocenters. The molecule has 0 bridgehead atoms. The molecule has 3 N–H and O–H groups in total. The second-order valence-electron chi connectivity index (χ2n) is 7.09. The Bertz CT molecular complexity index is 855. The Labute approximate surface area is 158 Å². The SMILES string of the molecule is NC(=O)C1CCN(c2ccc(NC(=O)c3ccc4c(c3)CCO4)cc2)CC1. The van der Waals surface area contributed by atoms with Crippen molar-refractivity contribution in [3.8, 4) is 5.75 Å². The van der Waals surface area contributed by atoms with E-state index in [0.29, 0.717) is 12.2 Å². The standard InChI is InChI=1S/C21H23N3O3/c22-20(25)14-7-10-24(11-8-14)18-4-2-17(3-5-18)23-21(26)16-1-6-19-15(13-16)9-12-27-19/h1-6,13-14H,7-12H2,(H2,22,25)(H,23,26). The lowest BCUT2D eigenvalue weighted by atomic mass is 9.96. The smallest absolute Gasteiger partial charge is 0.255 e. The summed E-state index contributed by atoms with van der Waals surface area (Å²) in [4.78, 5) is 26.0. The van der Waals surface area contributed by atoms with E-state index in [1.165, 1.54) is 0 Å². The first kappa shape index (κ1) is 17.4. The maximum Gasteiger partial charge on any atom is 0.255 e. The maximum absolute atomic E-state index is 12.5. The van der Waals surface area contributed by atoms with Gasteiger partial charge in [-0.05, 0) is 60.9 Å². The molecule has 140 valence electrons. The van der Waals surface area contributed by atoms with Gasteiger partial charge in [-0.1, -0.05) is 0 Å². The largest absolute Gasteiger partial charge is 0.493 e. The Hall–Kier alpha value is -3.02. The number of nitrogens with two attached hydrogens (primary N) is 1. The van der Waals surface area contributed by atoms with Crippen molar-refractivity contribution in [2.75, 3.05) is 29.9 Å². The van der Waals surface area contributed by atoms with E-state index >= 15 is 0 Å². The first-order valence-corrected chi connectivity index (χ1v) is 9.31. The summed E-state index contributed by atoms with van der Waals surface area (Å²) >= 11 is 0. The number of rotatable bonds is 4. The molecular weight excluding hydrogens is 342 g/mol. The molecule has 0 radical (unpaired) electrons. The third-order valence-electron chi connectivity index (χ3n) is 5.34. The van der Waals surface area contributed by atoms with Crippen LogP contribution in [0.2, 0.25) is 0 Å². The van der Waals surface area contributed by atoms with Crippen LogP contribution in [0.15, 0.2) is 42.5 Å². The zero-order valence-electron chi connectivity index (χ0n) is 15.1. The van der Waals surface area contributed by atoms with E-state index in [1.807, 2.05) is 36.4 Å². The van der Waals surface area contributed by atoms with Crippen LogP contribution in [0.1, 0.15) is 28.8 Å². The Balaban J connectivity index is 1.38. The van der Waals surface area contributed by atoms with Crippen LogP contribution in [0.5, 0.6) is 5.75 Å². The summed E-state index contributed by atoms with van der Waals surface area (Å²) in [6, 6.07) is 13.4. The van der Waals surface area contributed by atoms with Crippen molar-refractivity contribution in [2.45, 2.75) is 19.3 Å². The summed E-state index contributed by atoms with van der Waals surface area (Å²) in [5, 5.41) is 2.94. The number of amides is 2. The van der Waals surface area contributed by atoms with Gasteiger partial charge in [0.05, 0.1) is 6.61 Å². The molecule has 1 fully saturated rings. The average Bonchev–Trinajstić information content (AvgIpc) is 3.16. The van der Waals surface area contributed by atoms with E-state index in [4.69, 9.17) is 10.5 Å². The number of primary amides is 1. The van der Waals surface area contributed by atoms with Gasteiger partial charge in [0.2, 0.25) is 5.91 Å². The molecule has 2 aromatic carbocycles. The highest BCUT2D eigenvalue weighted by Crippen LogP contribution is 2.27. The van der Waals surface area contributed by atoms with Gasteiger partial charge in [0.25, 0.3) is 5.91 Å². The van der Waals surface area contributed by atoms with Crippen LogP contribution < -0.4 is 20.7 Å². The Morgan fingerprint density at radius 2 is 1.81 bits per heavy atom. The molecule has 4 rings (SSSR count). The van der Waals surface area contributed by atoms with E-state index < -0.39 is 0 Å². The number of benzene rings is 2. The molecule has 2 aliphatic rings. The second-order valence-corrected chi connectivity index (χ2v) is 7.09. The minimum atomic E-state index is -0.203. The Morgan fingerprint density at radius 1 is 1.07 bits per heavy atom. The van der Waals surface area contributed by atoms with Crippen molar-refractivity contribution in [3.63, 3.8) is 0 Å². The Kier molecular flexibility index (Phi) is 4.71. The lowest BCUT2D eigenvalue weighted by molar-refractivity contribution is -0.122. The van der Waals surface area contributed by atoms with Crippen LogP contribution >= 0.6 is 0 Å². The highest BCUT2D eigenvalue weighted by atomic mass is 16.5. The van der Waals surface area contributed by atoms with Crippen molar-refractivity contribution in [2.24, 2.45) is 11.7 Å². The molecule has 2 aromatic rings. The van der Waals surface area contributed by atoms with Crippen LogP contribution in [0.4, 0.5) is 11.4 Å². The zero-order chi connectivity index (χ0) is 18.8. The zero-order valence-corrected chi connectivity index (χ0v) is 15.1. The quantitative estimate of drug-likeness (QED) is 0.872. The first-order chi connectivity index (χ1) is 13.1. The van der Waals surface area contributed by atoms with E-state index in [-0.39, 0.29) is 17.7 Å². The van der Waals surface area contributed by atoms with Gasteiger partial charge in [0.1, 0.15) is 5.75 Å².